The van der Waals surface area contributed by atoms with Crippen LogP contribution in [0.15, 0.2) is 18.5 Å². The fraction of sp³-hybridized carbons (Fsp3) is 0.538. The first kappa shape index (κ1) is 13.9. The zero-order valence-electron chi connectivity index (χ0n) is 10.6. The van der Waals surface area contributed by atoms with Gasteiger partial charge < -0.3 is 14.7 Å². The number of aliphatic hydroxyl groups is 1. The van der Waals surface area contributed by atoms with Crippen molar-refractivity contribution in [2.45, 2.75) is 18.9 Å². The third kappa shape index (κ3) is 3.71. The number of hydrogen-bond donors (Lipinski definition) is 1. The molecule has 1 aromatic rings. The molecule has 1 saturated heterocycles. The minimum absolute atomic E-state index is 0.0295. The van der Waals surface area contributed by atoms with E-state index < -0.39 is 5.82 Å². The van der Waals surface area contributed by atoms with Crippen molar-refractivity contribution in [3.8, 4) is 0 Å². The summed E-state index contributed by atoms with van der Waals surface area (Å²) in [5.41, 5.74) is 0.253. The minimum atomic E-state index is -0.518. The molecule has 6 heteroatoms. The lowest BCUT2D eigenvalue weighted by Gasteiger charge is -2.32. The largest absolute Gasteiger partial charge is 0.394 e. The van der Waals surface area contributed by atoms with Crippen LogP contribution in [0.3, 0.4) is 0 Å². The topological polar surface area (TPSA) is 62.7 Å². The molecule has 0 aliphatic carbocycles. The van der Waals surface area contributed by atoms with E-state index in [0.717, 1.165) is 19.0 Å². The number of halogens is 1. The first-order valence-corrected chi connectivity index (χ1v) is 6.33. The number of aliphatic hydroxyl groups excluding tert-OH is 1. The van der Waals surface area contributed by atoms with Gasteiger partial charge in [-0.25, -0.2) is 4.39 Å². The molecule has 1 aliphatic heterocycles. The van der Waals surface area contributed by atoms with Crippen LogP contribution in [0.5, 0.6) is 0 Å². The van der Waals surface area contributed by atoms with Crippen LogP contribution in [0.25, 0.3) is 0 Å². The highest BCUT2D eigenvalue weighted by Gasteiger charge is 2.25. The number of ether oxygens (including phenoxy) is 1. The summed E-state index contributed by atoms with van der Waals surface area (Å²) in [6.07, 6.45) is 4.07. The second-order valence-corrected chi connectivity index (χ2v) is 4.50. The Morgan fingerprint density at radius 3 is 3.16 bits per heavy atom. The van der Waals surface area contributed by atoms with Crippen molar-refractivity contribution in [2.24, 2.45) is 0 Å². The standard InChI is InChI=1S/C13H17FN2O3/c14-11-6-10(7-15-8-11)13(18)16-3-1-2-12(9-16)19-5-4-17/h6-8,12,17H,1-5,9H2. The maximum Gasteiger partial charge on any atom is 0.255 e. The van der Waals surface area contributed by atoms with Gasteiger partial charge >= 0.3 is 0 Å². The maximum absolute atomic E-state index is 13.1. The van der Waals surface area contributed by atoms with Crippen LogP contribution in [0.4, 0.5) is 4.39 Å². The van der Waals surface area contributed by atoms with Crippen molar-refractivity contribution in [1.29, 1.82) is 0 Å². The van der Waals surface area contributed by atoms with Gasteiger partial charge in [-0.2, -0.15) is 0 Å². The second-order valence-electron chi connectivity index (χ2n) is 4.50. The van der Waals surface area contributed by atoms with Gasteiger partial charge in [0.15, 0.2) is 0 Å². The monoisotopic (exact) mass is 268 g/mol. The fourth-order valence-electron chi connectivity index (χ4n) is 2.19. The minimum Gasteiger partial charge on any atom is -0.394 e. The Bertz CT molecular complexity index is 442. The van der Waals surface area contributed by atoms with Crippen LogP contribution in [0.1, 0.15) is 23.2 Å². The van der Waals surface area contributed by atoms with Crippen LogP contribution in [0, 0.1) is 5.82 Å². The van der Waals surface area contributed by atoms with E-state index in [1.54, 1.807) is 4.90 Å². The molecule has 1 atom stereocenters. The van der Waals surface area contributed by atoms with E-state index in [4.69, 9.17) is 9.84 Å². The normalized spacial score (nSPS) is 19.5. The van der Waals surface area contributed by atoms with E-state index in [1.807, 2.05) is 0 Å². The van der Waals surface area contributed by atoms with Gasteiger partial charge in [0.1, 0.15) is 5.82 Å². The third-order valence-electron chi connectivity index (χ3n) is 3.06. The molecule has 104 valence electrons. The Balaban J connectivity index is 1.99. The molecule has 0 bridgehead atoms. The Hall–Kier alpha value is -1.53. The summed E-state index contributed by atoms with van der Waals surface area (Å²) in [7, 11) is 0. The number of hydrogen-bond acceptors (Lipinski definition) is 4. The summed E-state index contributed by atoms with van der Waals surface area (Å²) in [5.74, 6) is -0.750. The van der Waals surface area contributed by atoms with E-state index in [2.05, 4.69) is 4.98 Å². The number of carbonyl (C=O) groups is 1. The molecule has 2 heterocycles. The molecule has 0 saturated carbocycles. The summed E-state index contributed by atoms with van der Waals surface area (Å²) >= 11 is 0. The summed E-state index contributed by atoms with van der Waals surface area (Å²) < 4.78 is 18.5. The van der Waals surface area contributed by atoms with Crippen molar-refractivity contribution in [3.05, 3.63) is 29.8 Å². The summed E-state index contributed by atoms with van der Waals surface area (Å²) in [6.45, 7) is 1.34. The molecule has 1 amide bonds. The van der Waals surface area contributed by atoms with E-state index in [-0.39, 0.29) is 30.8 Å². The molecule has 2 rings (SSSR count). The number of aromatic nitrogens is 1. The van der Waals surface area contributed by atoms with E-state index in [1.165, 1.54) is 12.3 Å². The molecule has 19 heavy (non-hydrogen) atoms. The number of amides is 1. The van der Waals surface area contributed by atoms with Crippen LogP contribution in [-0.4, -0.2) is 53.3 Å². The van der Waals surface area contributed by atoms with Crippen molar-refractivity contribution < 1.29 is 19.0 Å². The first-order valence-electron chi connectivity index (χ1n) is 6.33. The van der Waals surface area contributed by atoms with Gasteiger partial charge in [-0.15, -0.1) is 0 Å². The van der Waals surface area contributed by atoms with E-state index in [0.29, 0.717) is 13.1 Å². The molecule has 1 aromatic heterocycles. The van der Waals surface area contributed by atoms with Crippen LogP contribution < -0.4 is 0 Å². The van der Waals surface area contributed by atoms with Gasteiger partial charge in [0.2, 0.25) is 0 Å². The highest BCUT2D eigenvalue weighted by atomic mass is 19.1. The molecular weight excluding hydrogens is 251 g/mol. The van der Waals surface area contributed by atoms with Crippen molar-refractivity contribution in [1.82, 2.24) is 9.88 Å². The summed E-state index contributed by atoms with van der Waals surface area (Å²) in [4.78, 5) is 17.5. The molecule has 0 aromatic carbocycles. The Labute approximate surface area is 111 Å². The van der Waals surface area contributed by atoms with Crippen LogP contribution in [-0.2, 0) is 4.74 Å². The molecule has 0 radical (unpaired) electrons. The molecule has 0 spiro atoms. The number of nitrogens with zero attached hydrogens (tertiary/aromatic N) is 2. The zero-order valence-corrected chi connectivity index (χ0v) is 10.6. The molecule has 5 nitrogen and oxygen atoms in total. The van der Waals surface area contributed by atoms with Gasteiger partial charge in [-0.05, 0) is 18.9 Å². The number of likely N-dealkylation sites (tertiary alicyclic amines) is 1. The summed E-state index contributed by atoms with van der Waals surface area (Å²) in [6, 6.07) is 1.19. The predicted molar refractivity (Wildman–Crippen MR) is 66.2 cm³/mol. The highest BCUT2D eigenvalue weighted by Crippen LogP contribution is 2.16. The quantitative estimate of drug-likeness (QED) is 0.878. The SMILES string of the molecule is O=C(c1cncc(F)c1)N1CCCC(OCCO)C1. The predicted octanol–water partition coefficient (Wildman–Crippen LogP) is 0.834. The van der Waals surface area contributed by atoms with Gasteiger partial charge in [0.05, 0.1) is 31.1 Å². The maximum atomic E-state index is 13.1. The van der Waals surface area contributed by atoms with Gasteiger partial charge in [0.25, 0.3) is 5.91 Å². The lowest BCUT2D eigenvalue weighted by atomic mass is 10.1. The smallest absolute Gasteiger partial charge is 0.255 e. The average Bonchev–Trinajstić information content (AvgIpc) is 2.44. The zero-order chi connectivity index (χ0) is 13.7. The van der Waals surface area contributed by atoms with E-state index >= 15 is 0 Å². The van der Waals surface area contributed by atoms with Gasteiger partial charge in [-0.1, -0.05) is 0 Å². The highest BCUT2D eigenvalue weighted by molar-refractivity contribution is 5.94. The van der Waals surface area contributed by atoms with Crippen molar-refractivity contribution in [2.75, 3.05) is 26.3 Å². The lowest BCUT2D eigenvalue weighted by molar-refractivity contribution is -0.0110. The molecule has 1 N–H and O–H groups in total. The van der Waals surface area contributed by atoms with Gasteiger partial charge in [0, 0.05) is 19.3 Å². The van der Waals surface area contributed by atoms with Crippen LogP contribution >= 0.6 is 0 Å². The Morgan fingerprint density at radius 1 is 1.58 bits per heavy atom. The van der Waals surface area contributed by atoms with Crippen molar-refractivity contribution in [3.63, 3.8) is 0 Å². The number of piperidine rings is 1. The molecular formula is C13H17FN2O3. The molecule has 1 aliphatic rings. The number of pyridine rings is 1. The third-order valence-corrected chi connectivity index (χ3v) is 3.06. The average molecular weight is 268 g/mol. The van der Waals surface area contributed by atoms with Crippen LogP contribution in [0.2, 0.25) is 0 Å². The van der Waals surface area contributed by atoms with E-state index in [9.17, 15) is 9.18 Å². The first-order chi connectivity index (χ1) is 9.20. The number of rotatable bonds is 4. The lowest BCUT2D eigenvalue weighted by Crippen LogP contribution is -2.43. The molecule has 1 fully saturated rings. The Kier molecular flexibility index (Phi) is 4.81. The van der Waals surface area contributed by atoms with Crippen molar-refractivity contribution >= 4 is 5.91 Å². The summed E-state index contributed by atoms with van der Waals surface area (Å²) in [5, 5.41) is 8.73. The fourth-order valence-corrected chi connectivity index (χ4v) is 2.19. The molecule has 1 unspecified atom stereocenters. The Morgan fingerprint density at radius 2 is 2.42 bits per heavy atom. The van der Waals surface area contributed by atoms with Gasteiger partial charge in [-0.3, -0.25) is 9.78 Å². The number of carbonyl (C=O) groups excluding carboxylic acids is 1. The second kappa shape index (κ2) is 6.58.